The molecule has 0 saturated heterocycles. The molecular formula is C12H18N2O3. The van der Waals surface area contributed by atoms with Gasteiger partial charge in [0, 0.05) is 12.7 Å². The lowest BCUT2D eigenvalue weighted by molar-refractivity contribution is -0.144. The lowest BCUT2D eigenvalue weighted by Crippen LogP contribution is -2.40. The summed E-state index contributed by atoms with van der Waals surface area (Å²) < 4.78 is 6.63. The number of hydrogen-bond donors (Lipinski definition) is 1. The van der Waals surface area contributed by atoms with Gasteiger partial charge in [-0.2, -0.15) is 0 Å². The summed E-state index contributed by atoms with van der Waals surface area (Å²) in [5, 5.41) is 2.61. The van der Waals surface area contributed by atoms with Gasteiger partial charge in [-0.3, -0.25) is 4.79 Å². The first kappa shape index (κ1) is 13.3. The number of aryl methyl sites for hydroxylation is 1. The van der Waals surface area contributed by atoms with Crippen molar-refractivity contribution in [1.29, 1.82) is 0 Å². The molecule has 0 aliphatic heterocycles. The summed E-state index contributed by atoms with van der Waals surface area (Å²) in [6, 6.07) is 2.88. The molecule has 1 aromatic rings. The molecule has 0 aliphatic rings. The molecule has 1 heterocycles. The van der Waals surface area contributed by atoms with Crippen molar-refractivity contribution < 1.29 is 14.3 Å². The fourth-order valence-electron chi connectivity index (χ4n) is 1.49. The fourth-order valence-corrected chi connectivity index (χ4v) is 1.49. The van der Waals surface area contributed by atoms with Gasteiger partial charge < -0.3 is 14.6 Å². The molecule has 0 bridgehead atoms. The number of rotatable bonds is 5. The van der Waals surface area contributed by atoms with E-state index in [0.717, 1.165) is 0 Å². The monoisotopic (exact) mass is 238 g/mol. The van der Waals surface area contributed by atoms with Gasteiger partial charge in [0.1, 0.15) is 11.7 Å². The number of ether oxygens (including phenoxy) is 1. The predicted molar refractivity (Wildman–Crippen MR) is 63.7 cm³/mol. The van der Waals surface area contributed by atoms with E-state index in [-0.39, 0.29) is 5.91 Å². The molecule has 94 valence electrons. The number of esters is 1. The smallest absolute Gasteiger partial charge is 0.328 e. The van der Waals surface area contributed by atoms with Crippen LogP contribution in [0, 0.1) is 0 Å². The third kappa shape index (κ3) is 3.34. The maximum atomic E-state index is 11.9. The largest absolute Gasteiger partial charge is 0.464 e. The molecule has 5 heteroatoms. The van der Waals surface area contributed by atoms with Gasteiger partial charge in [0.25, 0.3) is 5.91 Å². The zero-order valence-corrected chi connectivity index (χ0v) is 10.4. The minimum atomic E-state index is -0.636. The van der Waals surface area contributed by atoms with Crippen LogP contribution in [0.2, 0.25) is 0 Å². The number of nitrogens with one attached hydrogen (secondary N) is 1. The number of amides is 1. The summed E-state index contributed by atoms with van der Waals surface area (Å²) in [5.74, 6) is -0.687. The van der Waals surface area contributed by atoms with Gasteiger partial charge in [0.05, 0.1) is 6.61 Å². The third-order valence-electron chi connectivity index (χ3n) is 2.39. The van der Waals surface area contributed by atoms with Crippen LogP contribution >= 0.6 is 0 Å². The van der Waals surface area contributed by atoms with Crippen LogP contribution in [0.15, 0.2) is 18.3 Å². The summed E-state index contributed by atoms with van der Waals surface area (Å²) in [5.41, 5.74) is 0.545. The Morgan fingerprint density at radius 2 is 2.18 bits per heavy atom. The molecule has 1 amide bonds. The number of carbonyl (C=O) groups is 2. The van der Waals surface area contributed by atoms with E-state index in [1.165, 1.54) is 0 Å². The molecule has 0 aliphatic carbocycles. The Kier molecular flexibility index (Phi) is 4.75. The molecule has 1 unspecified atom stereocenters. The SMILES string of the molecule is CCOC(=O)C(C)NC(=O)c1cccn1CC. The topological polar surface area (TPSA) is 60.3 Å². The zero-order valence-electron chi connectivity index (χ0n) is 10.4. The summed E-state index contributed by atoms with van der Waals surface area (Å²) in [4.78, 5) is 23.2. The minimum absolute atomic E-state index is 0.266. The van der Waals surface area contributed by atoms with Crippen molar-refractivity contribution >= 4 is 11.9 Å². The Balaban J connectivity index is 2.63. The molecule has 1 aromatic heterocycles. The molecule has 0 spiro atoms. The van der Waals surface area contributed by atoms with Gasteiger partial charge in [-0.25, -0.2) is 4.79 Å². The first-order valence-electron chi connectivity index (χ1n) is 5.72. The Bertz CT molecular complexity index is 398. The molecular weight excluding hydrogens is 220 g/mol. The first-order chi connectivity index (χ1) is 8.10. The second-order valence-corrected chi connectivity index (χ2v) is 3.63. The Morgan fingerprint density at radius 3 is 2.76 bits per heavy atom. The highest BCUT2D eigenvalue weighted by atomic mass is 16.5. The highest BCUT2D eigenvalue weighted by Gasteiger charge is 2.18. The van der Waals surface area contributed by atoms with Gasteiger partial charge in [-0.1, -0.05) is 0 Å². The molecule has 1 N–H and O–H groups in total. The van der Waals surface area contributed by atoms with E-state index in [1.807, 2.05) is 17.7 Å². The van der Waals surface area contributed by atoms with Crippen molar-refractivity contribution in [3.05, 3.63) is 24.0 Å². The quantitative estimate of drug-likeness (QED) is 0.784. The summed E-state index contributed by atoms with van der Waals surface area (Å²) >= 11 is 0. The van der Waals surface area contributed by atoms with Crippen LogP contribution < -0.4 is 5.32 Å². The van der Waals surface area contributed by atoms with Gasteiger partial charge >= 0.3 is 5.97 Å². The molecule has 0 fully saturated rings. The van der Waals surface area contributed by atoms with E-state index < -0.39 is 12.0 Å². The lowest BCUT2D eigenvalue weighted by Gasteiger charge is -2.13. The van der Waals surface area contributed by atoms with Crippen molar-refractivity contribution in [2.24, 2.45) is 0 Å². The molecule has 1 atom stereocenters. The van der Waals surface area contributed by atoms with Crippen molar-refractivity contribution in [1.82, 2.24) is 9.88 Å². The van der Waals surface area contributed by atoms with Crippen molar-refractivity contribution in [2.45, 2.75) is 33.4 Å². The minimum Gasteiger partial charge on any atom is -0.464 e. The van der Waals surface area contributed by atoms with E-state index in [9.17, 15) is 9.59 Å². The third-order valence-corrected chi connectivity index (χ3v) is 2.39. The highest BCUT2D eigenvalue weighted by molar-refractivity contribution is 5.95. The van der Waals surface area contributed by atoms with Gasteiger partial charge in [-0.05, 0) is 32.9 Å². The van der Waals surface area contributed by atoms with E-state index in [0.29, 0.717) is 18.8 Å². The van der Waals surface area contributed by atoms with E-state index in [2.05, 4.69) is 5.32 Å². The van der Waals surface area contributed by atoms with Crippen molar-refractivity contribution in [3.8, 4) is 0 Å². The Hall–Kier alpha value is -1.78. The maximum Gasteiger partial charge on any atom is 0.328 e. The molecule has 17 heavy (non-hydrogen) atoms. The Morgan fingerprint density at radius 1 is 1.47 bits per heavy atom. The van der Waals surface area contributed by atoms with Crippen LogP contribution in [-0.2, 0) is 16.1 Å². The second kappa shape index (κ2) is 6.08. The van der Waals surface area contributed by atoms with Gasteiger partial charge in [0.2, 0.25) is 0 Å². The van der Waals surface area contributed by atoms with Gasteiger partial charge in [0.15, 0.2) is 0 Å². The van der Waals surface area contributed by atoms with Crippen LogP contribution in [0.4, 0.5) is 0 Å². The van der Waals surface area contributed by atoms with Crippen molar-refractivity contribution in [2.75, 3.05) is 6.61 Å². The van der Waals surface area contributed by atoms with Crippen LogP contribution in [0.25, 0.3) is 0 Å². The average Bonchev–Trinajstić information content (AvgIpc) is 2.77. The average molecular weight is 238 g/mol. The van der Waals surface area contributed by atoms with Crippen LogP contribution in [0.1, 0.15) is 31.3 Å². The number of aromatic nitrogens is 1. The number of nitrogens with zero attached hydrogens (tertiary/aromatic N) is 1. The molecule has 1 rings (SSSR count). The maximum absolute atomic E-state index is 11.9. The van der Waals surface area contributed by atoms with Crippen LogP contribution in [0.3, 0.4) is 0 Å². The second-order valence-electron chi connectivity index (χ2n) is 3.63. The van der Waals surface area contributed by atoms with E-state index in [4.69, 9.17) is 4.74 Å². The number of carbonyl (C=O) groups excluding carboxylic acids is 2. The highest BCUT2D eigenvalue weighted by Crippen LogP contribution is 2.02. The zero-order chi connectivity index (χ0) is 12.8. The van der Waals surface area contributed by atoms with E-state index in [1.54, 1.807) is 26.0 Å². The van der Waals surface area contributed by atoms with Crippen LogP contribution in [0.5, 0.6) is 0 Å². The first-order valence-corrected chi connectivity index (χ1v) is 5.72. The van der Waals surface area contributed by atoms with Crippen LogP contribution in [-0.4, -0.2) is 29.1 Å². The Labute approximate surface area is 101 Å². The lowest BCUT2D eigenvalue weighted by atomic mass is 10.3. The predicted octanol–water partition coefficient (Wildman–Crippen LogP) is 1.19. The number of hydrogen-bond acceptors (Lipinski definition) is 3. The summed E-state index contributed by atoms with van der Waals surface area (Å²) in [7, 11) is 0. The molecule has 5 nitrogen and oxygen atoms in total. The van der Waals surface area contributed by atoms with Gasteiger partial charge in [-0.15, -0.1) is 0 Å². The summed E-state index contributed by atoms with van der Waals surface area (Å²) in [6.45, 7) is 6.31. The fraction of sp³-hybridized carbons (Fsp3) is 0.500. The molecule has 0 radical (unpaired) electrons. The normalized spacial score (nSPS) is 11.9. The van der Waals surface area contributed by atoms with Crippen molar-refractivity contribution in [3.63, 3.8) is 0 Å². The molecule has 0 aromatic carbocycles. The molecule has 0 saturated carbocycles. The summed E-state index contributed by atoms with van der Waals surface area (Å²) in [6.07, 6.45) is 1.82. The van der Waals surface area contributed by atoms with E-state index >= 15 is 0 Å². The standard InChI is InChI=1S/C12H18N2O3/c1-4-14-8-6-7-10(14)11(15)13-9(3)12(16)17-5-2/h6-9H,4-5H2,1-3H3,(H,13,15).